The maximum absolute atomic E-state index is 13.7. The molecular weight excluding hydrogens is 501 g/mol. The van der Waals surface area contributed by atoms with Gasteiger partial charge in [-0.3, -0.25) is 10.0 Å². The van der Waals surface area contributed by atoms with Crippen LogP contribution in [-0.2, 0) is 27.4 Å². The molecule has 0 aliphatic carbocycles. The van der Waals surface area contributed by atoms with E-state index in [0.717, 1.165) is 24.3 Å². The number of hydroxylamine groups is 2. The lowest BCUT2D eigenvalue weighted by Gasteiger charge is -2.37. The molecule has 1 aliphatic rings. The van der Waals surface area contributed by atoms with Crippen molar-refractivity contribution in [2.75, 3.05) is 13.1 Å². The van der Waals surface area contributed by atoms with Gasteiger partial charge in [0.05, 0.1) is 10.5 Å². The number of imidazole rings is 1. The van der Waals surface area contributed by atoms with Crippen LogP contribution in [0.5, 0.6) is 11.5 Å². The molecule has 2 heterocycles. The van der Waals surface area contributed by atoms with Crippen molar-refractivity contribution < 1.29 is 36.3 Å². The first-order valence-corrected chi connectivity index (χ1v) is 12.4. The molecule has 0 bridgehead atoms. The number of sulfone groups is 1. The molecule has 9 nitrogen and oxygen atoms in total. The summed E-state index contributed by atoms with van der Waals surface area (Å²) in [5.74, 6) is -0.332. The summed E-state index contributed by atoms with van der Waals surface area (Å²) in [6, 6.07) is 9.30. The van der Waals surface area contributed by atoms with Crippen LogP contribution in [0.4, 0.5) is 13.2 Å². The van der Waals surface area contributed by atoms with E-state index in [1.54, 1.807) is 0 Å². The van der Waals surface area contributed by atoms with E-state index in [-0.39, 0.29) is 54.7 Å². The Labute approximate surface area is 204 Å². The minimum atomic E-state index is -4.47. The molecule has 0 unspecified atom stereocenters. The number of halogens is 3. The van der Waals surface area contributed by atoms with E-state index in [1.165, 1.54) is 36.7 Å². The summed E-state index contributed by atoms with van der Waals surface area (Å²) in [7, 11) is -4.26. The molecule has 1 amide bonds. The van der Waals surface area contributed by atoms with Crippen molar-refractivity contribution in [2.24, 2.45) is 0 Å². The Bertz CT molecular complexity index is 1290. The molecule has 0 atom stereocenters. The fourth-order valence-electron chi connectivity index (χ4n) is 4.02. The number of ether oxygens (including phenoxy) is 1. The number of benzene rings is 2. The second kappa shape index (κ2) is 9.91. The first kappa shape index (κ1) is 25.7. The number of aromatic amines is 1. The van der Waals surface area contributed by atoms with Crippen molar-refractivity contribution in [1.82, 2.24) is 20.3 Å². The highest BCUT2D eigenvalue weighted by molar-refractivity contribution is 7.93. The predicted molar refractivity (Wildman–Crippen MR) is 121 cm³/mol. The van der Waals surface area contributed by atoms with Crippen LogP contribution in [0, 0.1) is 0 Å². The minimum absolute atomic E-state index is 0.0484. The molecule has 0 radical (unpaired) electrons. The molecule has 0 saturated carbocycles. The highest BCUT2D eigenvalue weighted by Crippen LogP contribution is 2.37. The number of nitrogens with zero attached hydrogens (tertiary/aromatic N) is 2. The van der Waals surface area contributed by atoms with E-state index in [4.69, 9.17) is 4.74 Å². The smallest absolute Gasteiger partial charge is 0.416 e. The minimum Gasteiger partial charge on any atom is -0.457 e. The Morgan fingerprint density at radius 1 is 1.06 bits per heavy atom. The Morgan fingerprint density at radius 2 is 1.64 bits per heavy atom. The van der Waals surface area contributed by atoms with Crippen LogP contribution < -0.4 is 10.1 Å². The standard InChI is InChI=1S/C23H23F3N4O5S/c24-23(25,26)16-1-3-17(4-2-16)35-18-5-7-19(8-6-18)36(33,34)22(9-11-27-12-10-22)21(31)30(32)15-20-28-13-14-29-20/h1-8,13-14,27,32H,9-12,15H2,(H,28,29). The Morgan fingerprint density at radius 3 is 2.17 bits per heavy atom. The lowest BCUT2D eigenvalue weighted by atomic mass is 9.95. The van der Waals surface area contributed by atoms with Crippen molar-refractivity contribution >= 4 is 15.7 Å². The van der Waals surface area contributed by atoms with Gasteiger partial charge in [-0.15, -0.1) is 0 Å². The molecule has 1 saturated heterocycles. The summed E-state index contributed by atoms with van der Waals surface area (Å²) >= 11 is 0. The molecule has 0 spiro atoms. The summed E-state index contributed by atoms with van der Waals surface area (Å²) < 4.78 is 69.3. The highest BCUT2D eigenvalue weighted by Gasteiger charge is 2.53. The topological polar surface area (TPSA) is 125 Å². The quantitative estimate of drug-likeness (QED) is 0.319. The third-order valence-corrected chi connectivity index (χ3v) is 8.46. The summed E-state index contributed by atoms with van der Waals surface area (Å²) in [6.07, 6.45) is -1.61. The number of hydrogen-bond acceptors (Lipinski definition) is 7. The van der Waals surface area contributed by atoms with Gasteiger partial charge in [0.1, 0.15) is 23.9 Å². The van der Waals surface area contributed by atoms with Gasteiger partial charge in [0, 0.05) is 12.4 Å². The number of carbonyl (C=O) groups excluding carboxylic acids is 1. The largest absolute Gasteiger partial charge is 0.457 e. The summed E-state index contributed by atoms with van der Waals surface area (Å²) in [5, 5.41) is 13.8. The number of carbonyl (C=O) groups is 1. The van der Waals surface area contributed by atoms with Crippen LogP contribution in [-0.4, -0.2) is 52.4 Å². The Hall–Kier alpha value is -3.42. The van der Waals surface area contributed by atoms with E-state index in [0.29, 0.717) is 5.06 Å². The fraction of sp³-hybridized carbons (Fsp3) is 0.304. The van der Waals surface area contributed by atoms with Gasteiger partial charge in [-0.1, -0.05) is 0 Å². The maximum Gasteiger partial charge on any atom is 0.416 e. The van der Waals surface area contributed by atoms with E-state index >= 15 is 0 Å². The van der Waals surface area contributed by atoms with Crippen molar-refractivity contribution in [3.8, 4) is 11.5 Å². The van der Waals surface area contributed by atoms with Crippen LogP contribution in [0.15, 0.2) is 65.8 Å². The molecule has 1 aliphatic heterocycles. The van der Waals surface area contributed by atoms with Gasteiger partial charge >= 0.3 is 6.18 Å². The number of piperidine rings is 1. The van der Waals surface area contributed by atoms with Gasteiger partial charge in [0.2, 0.25) is 0 Å². The Kier molecular flexibility index (Phi) is 7.07. The summed E-state index contributed by atoms with van der Waals surface area (Å²) in [5.41, 5.74) is -0.821. The Balaban J connectivity index is 1.56. The van der Waals surface area contributed by atoms with Crippen LogP contribution in [0.25, 0.3) is 0 Å². The van der Waals surface area contributed by atoms with Gasteiger partial charge in [0.25, 0.3) is 5.91 Å². The lowest BCUT2D eigenvalue weighted by Crippen LogP contribution is -2.57. The molecule has 192 valence electrons. The molecule has 1 aromatic heterocycles. The van der Waals surface area contributed by atoms with Crippen molar-refractivity contribution in [1.29, 1.82) is 0 Å². The van der Waals surface area contributed by atoms with E-state index in [1.807, 2.05) is 0 Å². The van der Waals surface area contributed by atoms with E-state index in [9.17, 15) is 31.6 Å². The molecule has 13 heteroatoms. The zero-order valence-electron chi connectivity index (χ0n) is 18.8. The fourth-order valence-corrected chi connectivity index (χ4v) is 6.04. The average Bonchev–Trinajstić information content (AvgIpc) is 3.37. The van der Waals surface area contributed by atoms with Crippen LogP contribution in [0.3, 0.4) is 0 Å². The van der Waals surface area contributed by atoms with Crippen LogP contribution in [0.2, 0.25) is 0 Å². The van der Waals surface area contributed by atoms with E-state index in [2.05, 4.69) is 15.3 Å². The first-order valence-electron chi connectivity index (χ1n) is 10.9. The summed E-state index contributed by atoms with van der Waals surface area (Å²) in [4.78, 5) is 19.8. The SMILES string of the molecule is O=C(N(O)Cc1ncc[nH]1)C1(S(=O)(=O)c2ccc(Oc3ccc(C(F)(F)F)cc3)cc2)CCNCC1. The first-order chi connectivity index (χ1) is 17.0. The summed E-state index contributed by atoms with van der Waals surface area (Å²) in [6.45, 7) is 0.208. The number of amides is 1. The maximum atomic E-state index is 13.7. The number of alkyl halides is 3. The van der Waals surface area contributed by atoms with Gasteiger partial charge < -0.3 is 15.0 Å². The molecule has 3 aromatic rings. The third kappa shape index (κ3) is 5.08. The van der Waals surface area contributed by atoms with Crippen molar-refractivity contribution in [2.45, 2.75) is 35.2 Å². The lowest BCUT2D eigenvalue weighted by molar-refractivity contribution is -0.172. The molecule has 36 heavy (non-hydrogen) atoms. The van der Waals surface area contributed by atoms with Gasteiger partial charge in [0.15, 0.2) is 14.6 Å². The number of H-pyrrole nitrogens is 1. The van der Waals surface area contributed by atoms with Crippen LogP contribution in [0.1, 0.15) is 24.2 Å². The molecule has 4 rings (SSSR count). The second-order valence-electron chi connectivity index (χ2n) is 8.24. The molecule has 3 N–H and O–H groups in total. The number of hydrogen-bond donors (Lipinski definition) is 3. The van der Waals surface area contributed by atoms with Gasteiger partial charge in [-0.05, 0) is 74.5 Å². The van der Waals surface area contributed by atoms with Gasteiger partial charge in [-0.25, -0.2) is 18.5 Å². The monoisotopic (exact) mass is 524 g/mol. The third-order valence-electron chi connectivity index (χ3n) is 5.96. The molecule has 2 aromatic carbocycles. The normalized spacial score (nSPS) is 15.9. The van der Waals surface area contributed by atoms with Crippen molar-refractivity contribution in [3.63, 3.8) is 0 Å². The zero-order chi connectivity index (χ0) is 26.0. The number of aromatic nitrogens is 2. The average molecular weight is 525 g/mol. The van der Waals surface area contributed by atoms with E-state index < -0.39 is 32.2 Å². The predicted octanol–water partition coefficient (Wildman–Crippen LogP) is 3.53. The number of nitrogens with one attached hydrogen (secondary N) is 2. The van der Waals surface area contributed by atoms with Crippen molar-refractivity contribution in [3.05, 3.63) is 72.3 Å². The molecular formula is C23H23F3N4O5S. The number of rotatable bonds is 7. The zero-order valence-corrected chi connectivity index (χ0v) is 19.6. The molecule has 1 fully saturated rings. The van der Waals surface area contributed by atoms with Gasteiger partial charge in [-0.2, -0.15) is 13.2 Å². The van der Waals surface area contributed by atoms with Crippen LogP contribution >= 0.6 is 0 Å². The highest BCUT2D eigenvalue weighted by atomic mass is 32.2. The second-order valence-corrected chi connectivity index (χ2v) is 10.5.